The van der Waals surface area contributed by atoms with Gasteiger partial charge < -0.3 is 0 Å². The molecule has 0 saturated heterocycles. The predicted molar refractivity (Wildman–Crippen MR) is 44.0 cm³/mol. The van der Waals surface area contributed by atoms with Crippen molar-refractivity contribution in [3.8, 4) is 0 Å². The lowest BCUT2D eigenvalue weighted by atomic mass is 10.6. The molecule has 0 aliphatic carbocycles. The molecule has 0 aliphatic rings. The van der Waals surface area contributed by atoms with E-state index in [-0.39, 0.29) is 0 Å². The first-order valence-corrected chi connectivity index (χ1v) is 4.58. The van der Waals surface area contributed by atoms with Crippen molar-refractivity contribution in [2.24, 2.45) is 0 Å². The SMILES string of the molecule is CCC.CCC.O=[P+](O)O. The normalized spacial score (nSPS) is 6.20. The van der Waals surface area contributed by atoms with E-state index in [2.05, 4.69) is 27.7 Å². The molecule has 0 rings (SSSR count). The zero-order valence-electron chi connectivity index (χ0n) is 7.16. The quantitative estimate of drug-likeness (QED) is 0.547. The Morgan fingerprint density at radius 1 is 1.00 bits per heavy atom. The predicted octanol–water partition coefficient (Wildman–Crippen LogP) is 2.46. The first-order chi connectivity index (χ1) is 4.56. The highest BCUT2D eigenvalue weighted by Gasteiger charge is 1.93. The van der Waals surface area contributed by atoms with Gasteiger partial charge in [-0.05, 0) is 0 Å². The molecule has 0 saturated carbocycles. The maximum absolute atomic E-state index is 8.70. The van der Waals surface area contributed by atoms with Gasteiger partial charge in [0.2, 0.25) is 0 Å². The van der Waals surface area contributed by atoms with Crippen LogP contribution in [0, 0.1) is 0 Å². The summed E-state index contributed by atoms with van der Waals surface area (Å²) in [6.45, 7) is 8.50. The third kappa shape index (κ3) is 988000. The van der Waals surface area contributed by atoms with Crippen LogP contribution in [0.5, 0.6) is 0 Å². The van der Waals surface area contributed by atoms with Gasteiger partial charge in [0, 0.05) is 4.57 Å². The smallest absolute Gasteiger partial charge is 0.134 e. The fourth-order valence-corrected chi connectivity index (χ4v) is 0. The fourth-order valence-electron chi connectivity index (χ4n) is 0. The van der Waals surface area contributed by atoms with E-state index in [1.54, 1.807) is 0 Å². The Hall–Kier alpha value is 0.0200. The van der Waals surface area contributed by atoms with Crippen LogP contribution in [-0.2, 0) is 4.57 Å². The summed E-state index contributed by atoms with van der Waals surface area (Å²) >= 11 is 0. The van der Waals surface area contributed by atoms with Gasteiger partial charge in [0.05, 0.1) is 0 Å². The molecule has 0 amide bonds. The van der Waals surface area contributed by atoms with Crippen LogP contribution < -0.4 is 0 Å². The second-order valence-electron chi connectivity index (χ2n) is 1.67. The Balaban J connectivity index is -0.0000000750. The fraction of sp³-hybridized carbons (Fsp3) is 1.00. The summed E-state index contributed by atoms with van der Waals surface area (Å²) in [5.74, 6) is 0. The zero-order valence-corrected chi connectivity index (χ0v) is 8.06. The van der Waals surface area contributed by atoms with Crippen LogP contribution in [0.1, 0.15) is 40.5 Å². The minimum Gasteiger partial charge on any atom is -0.134 e. The molecule has 4 heteroatoms. The maximum atomic E-state index is 8.70. The van der Waals surface area contributed by atoms with Crippen LogP contribution in [0.25, 0.3) is 0 Å². The van der Waals surface area contributed by atoms with E-state index < -0.39 is 8.25 Å². The van der Waals surface area contributed by atoms with Crippen LogP contribution >= 0.6 is 8.25 Å². The summed E-state index contributed by atoms with van der Waals surface area (Å²) < 4.78 is 8.70. The van der Waals surface area contributed by atoms with E-state index in [9.17, 15) is 0 Å². The van der Waals surface area contributed by atoms with Gasteiger partial charge in [-0.2, -0.15) is 0 Å². The van der Waals surface area contributed by atoms with Gasteiger partial charge in [-0.15, -0.1) is 9.79 Å². The number of rotatable bonds is 0. The van der Waals surface area contributed by atoms with Crippen molar-refractivity contribution in [1.29, 1.82) is 0 Å². The lowest BCUT2D eigenvalue weighted by molar-refractivity contribution is 0.405. The summed E-state index contributed by atoms with van der Waals surface area (Å²) in [6, 6.07) is 0. The largest absolute Gasteiger partial charge is 0.692 e. The van der Waals surface area contributed by atoms with Crippen LogP contribution in [0.3, 0.4) is 0 Å². The van der Waals surface area contributed by atoms with E-state index in [4.69, 9.17) is 14.4 Å². The van der Waals surface area contributed by atoms with Gasteiger partial charge >= 0.3 is 8.25 Å². The van der Waals surface area contributed by atoms with Gasteiger partial charge in [0.25, 0.3) is 0 Å². The molecule has 2 N–H and O–H groups in total. The molecule has 3 nitrogen and oxygen atoms in total. The van der Waals surface area contributed by atoms with Gasteiger partial charge in [-0.3, -0.25) is 0 Å². The minimum absolute atomic E-state index is 1.25. The molecule has 0 aromatic rings. The molecule has 0 heterocycles. The Morgan fingerprint density at radius 3 is 1.00 bits per heavy atom. The molecule has 10 heavy (non-hydrogen) atoms. The van der Waals surface area contributed by atoms with Crippen LogP contribution in [0.15, 0.2) is 0 Å². The third-order valence-electron chi connectivity index (χ3n) is 0. The molecule has 0 unspecified atom stereocenters. The van der Waals surface area contributed by atoms with E-state index in [1.165, 1.54) is 12.8 Å². The molecule has 64 valence electrons. The van der Waals surface area contributed by atoms with Gasteiger partial charge in [0.1, 0.15) is 0 Å². The van der Waals surface area contributed by atoms with Crippen molar-refractivity contribution >= 4 is 8.25 Å². The summed E-state index contributed by atoms with van der Waals surface area (Å²) in [4.78, 5) is 14.2. The summed E-state index contributed by atoms with van der Waals surface area (Å²) in [5, 5.41) is 0. The monoisotopic (exact) mass is 169 g/mol. The van der Waals surface area contributed by atoms with Gasteiger partial charge in [-0.25, -0.2) is 0 Å². The van der Waals surface area contributed by atoms with E-state index >= 15 is 0 Å². The average molecular weight is 169 g/mol. The van der Waals surface area contributed by atoms with Gasteiger partial charge in [-0.1, -0.05) is 40.5 Å². The van der Waals surface area contributed by atoms with E-state index in [0.29, 0.717) is 0 Å². The highest BCUT2D eigenvalue weighted by molar-refractivity contribution is 7.30. The first-order valence-electron chi connectivity index (χ1n) is 3.41. The van der Waals surface area contributed by atoms with Crippen LogP contribution in [0.2, 0.25) is 0 Å². The number of hydrogen-bond donors (Lipinski definition) is 2. The Kier molecular flexibility index (Phi) is 38.1. The molecule has 0 spiro atoms. The molecule has 0 fully saturated rings. The minimum atomic E-state index is -2.87. The van der Waals surface area contributed by atoms with E-state index in [0.717, 1.165) is 0 Å². The van der Waals surface area contributed by atoms with Crippen LogP contribution in [-0.4, -0.2) is 9.79 Å². The Labute approximate surface area is 64.0 Å². The van der Waals surface area contributed by atoms with Crippen molar-refractivity contribution in [2.45, 2.75) is 40.5 Å². The van der Waals surface area contributed by atoms with Crippen molar-refractivity contribution in [3.05, 3.63) is 0 Å². The topological polar surface area (TPSA) is 57.5 Å². The Bertz CT molecular complexity index is 51.0. The molecular formula is C6H18O3P+. The van der Waals surface area contributed by atoms with Crippen LogP contribution in [0.4, 0.5) is 0 Å². The maximum Gasteiger partial charge on any atom is 0.692 e. The highest BCUT2D eigenvalue weighted by Crippen LogP contribution is 1.98. The molecule has 0 radical (unpaired) electrons. The zero-order chi connectivity index (χ0) is 8.99. The third-order valence-corrected chi connectivity index (χ3v) is 0. The molecular weight excluding hydrogens is 151 g/mol. The molecule has 0 aromatic carbocycles. The van der Waals surface area contributed by atoms with E-state index in [1.807, 2.05) is 0 Å². The standard InChI is InChI=1S/2C3H8.HO3P/c2*1-3-2;1-4(2)3/h2*3H2,1-2H3;(H-,1,2,3)/p+1. The summed E-state index contributed by atoms with van der Waals surface area (Å²) in [6.07, 6.45) is 2.50. The Morgan fingerprint density at radius 2 is 1.00 bits per heavy atom. The average Bonchev–Trinajstić information content (AvgIpc) is 1.65. The highest BCUT2D eigenvalue weighted by atomic mass is 31.1. The lowest BCUT2D eigenvalue weighted by Gasteiger charge is -1.48. The molecule has 0 aromatic heterocycles. The number of hydrogen-bond acceptors (Lipinski definition) is 1. The van der Waals surface area contributed by atoms with Crippen molar-refractivity contribution < 1.29 is 14.4 Å². The summed E-state index contributed by atoms with van der Waals surface area (Å²) in [5.41, 5.74) is 0. The second-order valence-corrected chi connectivity index (χ2v) is 2.17. The molecule has 0 atom stereocenters. The van der Waals surface area contributed by atoms with Crippen molar-refractivity contribution in [2.75, 3.05) is 0 Å². The van der Waals surface area contributed by atoms with Crippen molar-refractivity contribution in [1.82, 2.24) is 0 Å². The molecule has 0 bridgehead atoms. The van der Waals surface area contributed by atoms with Gasteiger partial charge in [0.15, 0.2) is 0 Å². The summed E-state index contributed by atoms with van der Waals surface area (Å²) in [7, 11) is -2.87. The first kappa shape index (κ1) is 16.5. The molecule has 0 aliphatic heterocycles. The van der Waals surface area contributed by atoms with Crippen molar-refractivity contribution in [3.63, 3.8) is 0 Å². The second kappa shape index (κ2) is 23.0. The lowest BCUT2D eigenvalue weighted by Crippen LogP contribution is -1.38.